The predicted molar refractivity (Wildman–Crippen MR) is 68.5 cm³/mol. The summed E-state index contributed by atoms with van der Waals surface area (Å²) in [5.74, 6) is 0. The molecule has 0 aromatic heterocycles. The molecule has 3 N–H and O–H groups in total. The van der Waals surface area contributed by atoms with Gasteiger partial charge in [0.1, 0.15) is 0 Å². The molecule has 3 nitrogen and oxygen atoms in total. The van der Waals surface area contributed by atoms with Crippen LogP contribution in [0.15, 0.2) is 23.3 Å². The van der Waals surface area contributed by atoms with Gasteiger partial charge in [0.05, 0.1) is 0 Å². The number of nitrogens with two attached hydrogens (primary N) is 1. The molecule has 1 aliphatic rings. The summed E-state index contributed by atoms with van der Waals surface area (Å²) in [7, 11) is 0. The summed E-state index contributed by atoms with van der Waals surface area (Å²) in [5.41, 5.74) is 8.55. The molecule has 0 heterocycles. The second-order valence-electron chi connectivity index (χ2n) is 4.18. The number of ether oxygens (including phenoxy) is 1. The van der Waals surface area contributed by atoms with E-state index < -0.39 is 0 Å². The minimum absolute atomic E-state index is 0.356. The third kappa shape index (κ3) is 6.78. The van der Waals surface area contributed by atoms with Gasteiger partial charge in [-0.1, -0.05) is 0 Å². The molecule has 16 heavy (non-hydrogen) atoms. The minimum atomic E-state index is 0.356. The van der Waals surface area contributed by atoms with Crippen LogP contribution in [0.3, 0.4) is 0 Å². The molecule has 89 valence electrons. The topological polar surface area (TPSA) is 47.3 Å². The Labute approximate surface area is 114 Å². The van der Waals surface area contributed by atoms with Gasteiger partial charge in [0, 0.05) is 0 Å². The van der Waals surface area contributed by atoms with Crippen molar-refractivity contribution in [3.63, 3.8) is 0 Å². The van der Waals surface area contributed by atoms with Gasteiger partial charge in [-0.3, -0.25) is 0 Å². The molecular weight excluding hydrogens is 395 g/mol. The van der Waals surface area contributed by atoms with Crippen LogP contribution in [-0.4, -0.2) is 55.7 Å². The second kappa shape index (κ2) is 8.38. The van der Waals surface area contributed by atoms with Gasteiger partial charge in [-0.05, 0) is 0 Å². The third-order valence-corrected chi connectivity index (χ3v) is 3.29. The molecular formula is C12H21N2OPb. The molecule has 3 radical (unpaired) electrons. The molecule has 0 aromatic rings. The maximum absolute atomic E-state index is 5.68. The zero-order valence-corrected chi connectivity index (χ0v) is 13.8. The van der Waals surface area contributed by atoms with Crippen LogP contribution < -0.4 is 11.1 Å². The summed E-state index contributed by atoms with van der Waals surface area (Å²) >= 11 is 1.05. The fraction of sp³-hybridized carbons (Fsp3) is 0.667. The van der Waals surface area contributed by atoms with Crippen LogP contribution >= 0.6 is 0 Å². The Morgan fingerprint density at radius 3 is 2.94 bits per heavy atom. The Hall–Kier alpha value is 0.282. The van der Waals surface area contributed by atoms with Gasteiger partial charge < -0.3 is 0 Å². The molecule has 0 bridgehead atoms. The van der Waals surface area contributed by atoms with Crippen LogP contribution in [-0.2, 0) is 4.74 Å². The van der Waals surface area contributed by atoms with Gasteiger partial charge in [-0.2, -0.15) is 0 Å². The van der Waals surface area contributed by atoms with Crippen molar-refractivity contribution in [2.75, 3.05) is 26.3 Å². The van der Waals surface area contributed by atoms with E-state index in [0.29, 0.717) is 3.60 Å². The van der Waals surface area contributed by atoms with Crippen molar-refractivity contribution in [2.45, 2.75) is 23.4 Å². The Bertz CT molecular complexity index is 262. The van der Waals surface area contributed by atoms with Crippen LogP contribution in [0.2, 0.25) is 0 Å². The first-order valence-electron chi connectivity index (χ1n) is 5.77. The summed E-state index contributed by atoms with van der Waals surface area (Å²) < 4.78 is 5.96. The van der Waals surface area contributed by atoms with Gasteiger partial charge in [-0.15, -0.1) is 0 Å². The first-order chi connectivity index (χ1) is 7.68. The summed E-state index contributed by atoms with van der Waals surface area (Å²) in [4.78, 5) is 0. The molecule has 0 fully saturated rings. The molecule has 4 heteroatoms. The van der Waals surface area contributed by atoms with E-state index in [1.165, 1.54) is 11.1 Å². The zero-order valence-electron chi connectivity index (χ0n) is 9.96. The Kier molecular flexibility index (Phi) is 7.52. The van der Waals surface area contributed by atoms with E-state index in [1.54, 1.807) is 0 Å². The number of rotatable bonds is 7. The van der Waals surface area contributed by atoms with E-state index in [9.17, 15) is 0 Å². The van der Waals surface area contributed by atoms with Crippen LogP contribution in [0, 0.1) is 0 Å². The monoisotopic (exact) mass is 417 g/mol. The van der Waals surface area contributed by atoms with Crippen LogP contribution in [0.4, 0.5) is 0 Å². The van der Waals surface area contributed by atoms with E-state index in [4.69, 9.17) is 10.5 Å². The molecule has 0 aromatic carbocycles. The Balaban J connectivity index is 1.96. The average Bonchev–Trinajstić information content (AvgIpc) is 2.25. The molecule has 1 atom stereocenters. The molecule has 0 amide bonds. The van der Waals surface area contributed by atoms with Crippen LogP contribution in [0.5, 0.6) is 0 Å². The van der Waals surface area contributed by atoms with E-state index >= 15 is 0 Å². The van der Waals surface area contributed by atoms with Crippen LogP contribution in [0.25, 0.3) is 0 Å². The Morgan fingerprint density at radius 1 is 1.50 bits per heavy atom. The molecule has 1 unspecified atom stereocenters. The maximum atomic E-state index is 5.68. The second-order valence-corrected chi connectivity index (χ2v) is 7.07. The van der Waals surface area contributed by atoms with Crippen molar-refractivity contribution in [3.8, 4) is 0 Å². The third-order valence-electron chi connectivity index (χ3n) is 2.50. The van der Waals surface area contributed by atoms with E-state index in [1.807, 2.05) is 0 Å². The van der Waals surface area contributed by atoms with Crippen molar-refractivity contribution >= 4 is 25.8 Å². The number of allylic oxidation sites excluding steroid dienone is 3. The molecule has 0 spiro atoms. The summed E-state index contributed by atoms with van der Waals surface area (Å²) in [6.45, 7) is 5.54. The number of hydrogen-bond donors (Lipinski definition) is 2. The molecule has 1 aliphatic carbocycles. The SMILES string of the molecule is CC1=CCC(COCCNC[CH](N)[Pb])=CC1. The predicted octanol–water partition coefficient (Wildman–Crippen LogP) is 0.712. The number of hydrogen-bond acceptors (Lipinski definition) is 3. The molecule has 0 saturated carbocycles. The fourth-order valence-corrected chi connectivity index (χ4v) is 2.06. The quantitative estimate of drug-likeness (QED) is 0.365. The van der Waals surface area contributed by atoms with Gasteiger partial charge in [0.25, 0.3) is 0 Å². The summed E-state index contributed by atoms with van der Waals surface area (Å²) in [6, 6.07) is 0. The first-order valence-corrected chi connectivity index (χ1v) is 8.01. The van der Waals surface area contributed by atoms with E-state index in [-0.39, 0.29) is 0 Å². The van der Waals surface area contributed by atoms with Gasteiger partial charge in [0.15, 0.2) is 0 Å². The van der Waals surface area contributed by atoms with E-state index in [0.717, 1.165) is 64.9 Å². The van der Waals surface area contributed by atoms with Crippen molar-refractivity contribution in [1.29, 1.82) is 0 Å². The zero-order chi connectivity index (χ0) is 11.8. The molecule has 1 rings (SSSR count). The van der Waals surface area contributed by atoms with Gasteiger partial charge >= 0.3 is 115 Å². The Morgan fingerprint density at radius 2 is 2.31 bits per heavy atom. The van der Waals surface area contributed by atoms with Crippen molar-refractivity contribution in [2.24, 2.45) is 5.73 Å². The van der Waals surface area contributed by atoms with Gasteiger partial charge in [0.2, 0.25) is 0 Å². The molecule has 0 aliphatic heterocycles. The van der Waals surface area contributed by atoms with Crippen molar-refractivity contribution < 1.29 is 4.74 Å². The normalized spacial score (nSPS) is 17.9. The summed E-state index contributed by atoms with van der Waals surface area (Å²) in [6.07, 6.45) is 6.73. The van der Waals surface area contributed by atoms with E-state index in [2.05, 4.69) is 24.4 Å². The molecule has 0 saturated heterocycles. The average molecular weight is 417 g/mol. The van der Waals surface area contributed by atoms with Gasteiger partial charge in [-0.25, -0.2) is 0 Å². The fourth-order valence-electron chi connectivity index (χ4n) is 1.50. The van der Waals surface area contributed by atoms with Crippen molar-refractivity contribution in [1.82, 2.24) is 5.32 Å². The number of nitrogens with one attached hydrogen (secondary N) is 1. The van der Waals surface area contributed by atoms with Crippen LogP contribution in [0.1, 0.15) is 19.8 Å². The standard InChI is InChI=1S/C12H21N2O.Pb/c1-11-2-4-12(5-3-11)10-15-9-8-14-7-6-13;/h2,5-6,14H,3-4,7-10,13H2,1H3;. The first kappa shape index (κ1) is 14.3. The van der Waals surface area contributed by atoms with Crippen molar-refractivity contribution in [3.05, 3.63) is 23.3 Å². The summed E-state index contributed by atoms with van der Waals surface area (Å²) in [5, 5.41) is 3.28.